The van der Waals surface area contributed by atoms with Crippen molar-refractivity contribution in [3.63, 3.8) is 0 Å². The van der Waals surface area contributed by atoms with Crippen LogP contribution in [0.3, 0.4) is 0 Å². The molecule has 0 fully saturated rings. The summed E-state index contributed by atoms with van der Waals surface area (Å²) < 4.78 is 13.0. The van der Waals surface area contributed by atoms with Gasteiger partial charge in [0.15, 0.2) is 0 Å². The van der Waals surface area contributed by atoms with Gasteiger partial charge in [-0.15, -0.1) is 0 Å². The maximum Gasteiger partial charge on any atom is 0.323 e. The van der Waals surface area contributed by atoms with Gasteiger partial charge in [0.2, 0.25) is 0 Å². The molecule has 0 rings (SSSR count). The molecular weight excluding hydrogens is 137 g/mol. The van der Waals surface area contributed by atoms with Crippen molar-refractivity contribution in [2.24, 2.45) is 5.73 Å². The van der Waals surface area contributed by atoms with E-state index in [-0.39, 0.29) is 6.42 Å². The second kappa shape index (κ2) is 2.96. The molecule has 0 aromatic carbocycles. The molecule has 0 aromatic heterocycles. The summed E-state index contributed by atoms with van der Waals surface area (Å²) >= 11 is 0. The first-order valence-electron chi connectivity index (χ1n) is 3.09. The highest BCUT2D eigenvalue weighted by molar-refractivity contribution is 5.74. The van der Waals surface area contributed by atoms with Crippen molar-refractivity contribution in [2.75, 3.05) is 0 Å². The van der Waals surface area contributed by atoms with Gasteiger partial charge in [-0.05, 0) is 13.3 Å². The van der Waals surface area contributed by atoms with E-state index in [1.165, 1.54) is 6.92 Å². The molecule has 0 heterocycles. The lowest BCUT2D eigenvalue weighted by Gasteiger charge is -2.21. The molecule has 0 aliphatic rings. The Kier molecular flexibility index (Phi) is 2.77. The quantitative estimate of drug-likeness (QED) is 0.615. The van der Waals surface area contributed by atoms with Gasteiger partial charge in [0.25, 0.3) is 0 Å². The van der Waals surface area contributed by atoms with Gasteiger partial charge in [-0.3, -0.25) is 4.79 Å². The number of hydrogen-bond acceptors (Lipinski definition) is 2. The Hall–Kier alpha value is -0.640. The Labute approximate surface area is 59.0 Å². The molecule has 3 nitrogen and oxygen atoms in total. The first-order chi connectivity index (χ1) is 4.41. The van der Waals surface area contributed by atoms with Gasteiger partial charge in [0, 0.05) is 0 Å². The first-order valence-corrected chi connectivity index (χ1v) is 3.09. The molecule has 10 heavy (non-hydrogen) atoms. The Morgan fingerprint density at radius 3 is 2.40 bits per heavy atom. The third-order valence-corrected chi connectivity index (χ3v) is 1.61. The van der Waals surface area contributed by atoms with Crippen LogP contribution < -0.4 is 5.73 Å². The highest BCUT2D eigenvalue weighted by Crippen LogP contribution is 2.18. The van der Waals surface area contributed by atoms with E-state index >= 15 is 0 Å². The van der Waals surface area contributed by atoms with E-state index in [2.05, 4.69) is 0 Å². The predicted molar refractivity (Wildman–Crippen MR) is 35.4 cm³/mol. The van der Waals surface area contributed by atoms with Crippen molar-refractivity contribution in [1.29, 1.82) is 0 Å². The maximum atomic E-state index is 13.0. The fraction of sp³-hybridized carbons (Fsp3) is 0.833. The van der Waals surface area contributed by atoms with Crippen LogP contribution in [0, 0.1) is 0 Å². The number of halogens is 1. The van der Waals surface area contributed by atoms with Crippen molar-refractivity contribution < 1.29 is 14.3 Å². The highest BCUT2D eigenvalue weighted by Gasteiger charge is 2.34. The maximum absolute atomic E-state index is 13.0. The van der Waals surface area contributed by atoms with Crippen molar-refractivity contribution in [3.8, 4) is 0 Å². The number of carboxylic acids is 1. The lowest BCUT2D eigenvalue weighted by molar-refractivity contribution is -0.142. The Morgan fingerprint density at radius 1 is 1.90 bits per heavy atom. The minimum Gasteiger partial charge on any atom is -0.480 e. The molecule has 0 saturated carbocycles. The number of carbonyl (C=O) groups is 1. The SMILES string of the molecule is CC[C@@](C)(F)[C@H](N)C(=O)O. The number of hydrogen-bond donors (Lipinski definition) is 2. The zero-order valence-corrected chi connectivity index (χ0v) is 6.10. The van der Waals surface area contributed by atoms with E-state index in [9.17, 15) is 9.18 Å². The van der Waals surface area contributed by atoms with Crippen molar-refractivity contribution in [2.45, 2.75) is 32.0 Å². The summed E-state index contributed by atoms with van der Waals surface area (Å²) in [5.74, 6) is -1.30. The lowest BCUT2D eigenvalue weighted by Crippen LogP contribution is -2.47. The van der Waals surface area contributed by atoms with Gasteiger partial charge >= 0.3 is 5.97 Å². The van der Waals surface area contributed by atoms with Crippen LogP contribution in [0.15, 0.2) is 0 Å². The third kappa shape index (κ3) is 1.95. The molecule has 4 heteroatoms. The van der Waals surface area contributed by atoms with E-state index in [1.54, 1.807) is 6.92 Å². The molecule has 0 aliphatic carbocycles. The molecule has 0 radical (unpaired) electrons. The van der Waals surface area contributed by atoms with Crippen LogP contribution in [-0.2, 0) is 4.79 Å². The van der Waals surface area contributed by atoms with Crippen LogP contribution in [0.1, 0.15) is 20.3 Å². The smallest absolute Gasteiger partial charge is 0.323 e. The van der Waals surface area contributed by atoms with Gasteiger partial charge in [-0.25, -0.2) is 4.39 Å². The monoisotopic (exact) mass is 149 g/mol. The zero-order valence-electron chi connectivity index (χ0n) is 6.10. The van der Waals surface area contributed by atoms with Gasteiger partial charge < -0.3 is 10.8 Å². The highest BCUT2D eigenvalue weighted by atomic mass is 19.1. The summed E-state index contributed by atoms with van der Waals surface area (Å²) in [5, 5.41) is 8.28. The molecular formula is C6H12FNO2. The molecule has 0 unspecified atom stereocenters. The van der Waals surface area contributed by atoms with Crippen LogP contribution in [0.2, 0.25) is 0 Å². The normalized spacial score (nSPS) is 19.6. The molecule has 3 N–H and O–H groups in total. The Morgan fingerprint density at radius 2 is 2.30 bits per heavy atom. The molecule has 0 saturated heterocycles. The van der Waals surface area contributed by atoms with Gasteiger partial charge in [-0.2, -0.15) is 0 Å². The summed E-state index contributed by atoms with van der Waals surface area (Å²) in [5.41, 5.74) is 3.23. The third-order valence-electron chi connectivity index (χ3n) is 1.61. The summed E-state index contributed by atoms with van der Waals surface area (Å²) in [6.07, 6.45) is 0.112. The average Bonchev–Trinajstić information content (AvgIpc) is 1.86. The largest absolute Gasteiger partial charge is 0.480 e. The van der Waals surface area contributed by atoms with Crippen LogP contribution in [0.5, 0.6) is 0 Å². The molecule has 0 bridgehead atoms. The van der Waals surface area contributed by atoms with E-state index in [1.807, 2.05) is 0 Å². The van der Waals surface area contributed by atoms with Crippen molar-refractivity contribution in [3.05, 3.63) is 0 Å². The van der Waals surface area contributed by atoms with Gasteiger partial charge in [-0.1, -0.05) is 6.92 Å². The van der Waals surface area contributed by atoms with E-state index in [0.29, 0.717) is 0 Å². The number of nitrogens with two attached hydrogens (primary N) is 1. The second-order valence-corrected chi connectivity index (χ2v) is 2.45. The average molecular weight is 149 g/mol. The molecule has 60 valence electrons. The topological polar surface area (TPSA) is 63.3 Å². The van der Waals surface area contributed by atoms with Crippen molar-refractivity contribution in [1.82, 2.24) is 0 Å². The standard InChI is InChI=1S/C6H12FNO2/c1-3-6(2,7)4(8)5(9)10/h4H,3,8H2,1-2H3,(H,9,10)/t4-,6-/m1/s1. The molecule has 2 atom stereocenters. The summed E-state index contributed by atoms with van der Waals surface area (Å²) in [7, 11) is 0. The van der Waals surface area contributed by atoms with Gasteiger partial charge in [0.1, 0.15) is 11.7 Å². The Balaban J connectivity index is 4.17. The fourth-order valence-electron chi connectivity index (χ4n) is 0.477. The summed E-state index contributed by atoms with van der Waals surface area (Å²) in [6.45, 7) is 2.74. The summed E-state index contributed by atoms with van der Waals surface area (Å²) in [6, 6.07) is -1.42. The van der Waals surface area contributed by atoms with Crippen molar-refractivity contribution >= 4 is 5.97 Å². The zero-order chi connectivity index (χ0) is 8.36. The molecule has 0 spiro atoms. The Bertz CT molecular complexity index is 136. The minimum absolute atomic E-state index is 0.112. The number of aliphatic carboxylic acids is 1. The molecule has 0 amide bonds. The van der Waals surface area contributed by atoms with Crippen LogP contribution >= 0.6 is 0 Å². The number of carboxylic acid groups (broad SMARTS) is 1. The number of alkyl halides is 1. The fourth-order valence-corrected chi connectivity index (χ4v) is 0.477. The molecule has 0 aliphatic heterocycles. The van der Waals surface area contributed by atoms with E-state index in [0.717, 1.165) is 0 Å². The van der Waals surface area contributed by atoms with Crippen LogP contribution in [0.4, 0.5) is 4.39 Å². The number of rotatable bonds is 3. The van der Waals surface area contributed by atoms with Gasteiger partial charge in [0.05, 0.1) is 0 Å². The van der Waals surface area contributed by atoms with Crippen LogP contribution in [-0.4, -0.2) is 22.8 Å². The first kappa shape index (κ1) is 9.36. The van der Waals surface area contributed by atoms with Crippen LogP contribution in [0.25, 0.3) is 0 Å². The minimum atomic E-state index is -1.80. The second-order valence-electron chi connectivity index (χ2n) is 2.45. The molecule has 0 aromatic rings. The lowest BCUT2D eigenvalue weighted by atomic mass is 9.97. The predicted octanol–water partition coefficient (Wildman–Crippen LogP) is 0.536. The van der Waals surface area contributed by atoms with E-state index in [4.69, 9.17) is 10.8 Å². The summed E-state index contributed by atoms with van der Waals surface area (Å²) in [4.78, 5) is 10.1. The van der Waals surface area contributed by atoms with E-state index < -0.39 is 17.7 Å².